The van der Waals surface area contributed by atoms with Crippen molar-refractivity contribution in [3.8, 4) is 0 Å². The molecule has 0 saturated carbocycles. The Morgan fingerprint density at radius 1 is 1.04 bits per heavy atom. The van der Waals surface area contributed by atoms with Gasteiger partial charge in [0, 0.05) is 31.5 Å². The van der Waals surface area contributed by atoms with E-state index in [2.05, 4.69) is 31.0 Å². The van der Waals surface area contributed by atoms with Crippen molar-refractivity contribution in [1.82, 2.24) is 10.2 Å². The van der Waals surface area contributed by atoms with Crippen LogP contribution in [0.3, 0.4) is 0 Å². The summed E-state index contributed by atoms with van der Waals surface area (Å²) >= 11 is 0. The first kappa shape index (κ1) is 20.6. The van der Waals surface area contributed by atoms with Gasteiger partial charge >= 0.3 is 0 Å². The summed E-state index contributed by atoms with van der Waals surface area (Å²) in [6.07, 6.45) is 4.14. The van der Waals surface area contributed by atoms with E-state index >= 15 is 0 Å². The number of ketones is 1. The molecule has 1 aliphatic rings. The van der Waals surface area contributed by atoms with Crippen molar-refractivity contribution >= 4 is 11.7 Å². The summed E-state index contributed by atoms with van der Waals surface area (Å²) in [5, 5.41) is 2.98. The number of nitrogens with zero attached hydrogens (tertiary/aromatic N) is 1. The van der Waals surface area contributed by atoms with Crippen molar-refractivity contribution < 1.29 is 9.59 Å². The van der Waals surface area contributed by atoms with E-state index in [-0.39, 0.29) is 24.5 Å². The maximum absolute atomic E-state index is 12.3. The summed E-state index contributed by atoms with van der Waals surface area (Å²) < 4.78 is 0. The van der Waals surface area contributed by atoms with Crippen molar-refractivity contribution in [1.29, 1.82) is 0 Å². The monoisotopic (exact) mass is 358 g/mol. The Kier molecular flexibility index (Phi) is 8.30. The van der Waals surface area contributed by atoms with Gasteiger partial charge in [0.2, 0.25) is 5.91 Å². The Bertz CT molecular complexity index is 574. The van der Waals surface area contributed by atoms with Gasteiger partial charge in [0.05, 0.1) is 0 Å². The van der Waals surface area contributed by atoms with Gasteiger partial charge in [-0.15, -0.1) is 0 Å². The second kappa shape index (κ2) is 10.5. The number of nitrogens with one attached hydrogen (secondary N) is 1. The number of hydrogen-bond acceptors (Lipinski definition) is 3. The van der Waals surface area contributed by atoms with Gasteiger partial charge in [-0.1, -0.05) is 45.0 Å². The highest BCUT2D eigenvalue weighted by atomic mass is 16.2. The van der Waals surface area contributed by atoms with Crippen LogP contribution in [0.15, 0.2) is 24.3 Å². The molecule has 26 heavy (non-hydrogen) atoms. The number of Topliss-reactive ketones (excluding diaryl/α,β-unsaturated/α-hetero) is 1. The molecule has 0 aliphatic carbocycles. The molecule has 1 amide bonds. The molecule has 0 spiro atoms. The van der Waals surface area contributed by atoms with Gasteiger partial charge in [-0.3, -0.25) is 9.59 Å². The zero-order chi connectivity index (χ0) is 18.9. The molecule has 4 nitrogen and oxygen atoms in total. The molecule has 1 aromatic rings. The third kappa shape index (κ3) is 7.28. The van der Waals surface area contributed by atoms with Crippen LogP contribution in [0.25, 0.3) is 0 Å². The fourth-order valence-electron chi connectivity index (χ4n) is 3.52. The maximum atomic E-state index is 12.3. The third-order valence-electron chi connectivity index (χ3n) is 4.92. The van der Waals surface area contributed by atoms with Crippen LogP contribution in [0.5, 0.6) is 0 Å². The molecule has 1 aromatic carbocycles. The fraction of sp³-hybridized carbons (Fsp3) is 0.636. The summed E-state index contributed by atoms with van der Waals surface area (Å²) in [6.45, 7) is 10.6. The first-order valence-electron chi connectivity index (χ1n) is 10.0. The van der Waals surface area contributed by atoms with E-state index in [1.54, 1.807) is 0 Å². The van der Waals surface area contributed by atoms with Crippen LogP contribution in [0.1, 0.15) is 62.4 Å². The predicted octanol–water partition coefficient (Wildman–Crippen LogP) is 3.70. The highest BCUT2D eigenvalue weighted by Crippen LogP contribution is 2.12. The number of carbonyl (C=O) groups is 2. The average molecular weight is 359 g/mol. The molecule has 0 aromatic heterocycles. The molecule has 1 unspecified atom stereocenters. The minimum absolute atomic E-state index is 0.0250. The highest BCUT2D eigenvalue weighted by Gasteiger charge is 2.15. The standard InChI is InChI=1S/C22H34N2O2/c1-17(2)14-19-6-8-20(9-7-19)21(25)10-11-22(26)23-15-18(3)16-24-12-4-5-13-24/h6-9,17-18H,4-5,10-16H2,1-3H3,(H,23,26). The van der Waals surface area contributed by atoms with Gasteiger partial charge in [0.15, 0.2) is 5.78 Å². The normalized spacial score (nSPS) is 16.0. The van der Waals surface area contributed by atoms with E-state index in [1.165, 1.54) is 31.5 Å². The van der Waals surface area contributed by atoms with Gasteiger partial charge < -0.3 is 10.2 Å². The van der Waals surface area contributed by atoms with Crippen molar-refractivity contribution in [2.75, 3.05) is 26.2 Å². The number of benzene rings is 1. The first-order chi connectivity index (χ1) is 12.4. The Morgan fingerprint density at radius 2 is 1.69 bits per heavy atom. The maximum Gasteiger partial charge on any atom is 0.220 e. The molecule has 1 saturated heterocycles. The number of likely N-dealkylation sites (tertiary alicyclic amines) is 1. The van der Waals surface area contributed by atoms with Gasteiger partial charge in [0.25, 0.3) is 0 Å². The predicted molar refractivity (Wildman–Crippen MR) is 106 cm³/mol. The smallest absolute Gasteiger partial charge is 0.220 e. The van der Waals surface area contributed by atoms with Crippen molar-refractivity contribution in [3.63, 3.8) is 0 Å². The third-order valence-corrected chi connectivity index (χ3v) is 4.92. The number of amides is 1. The van der Waals surface area contributed by atoms with Crippen LogP contribution >= 0.6 is 0 Å². The molecule has 1 heterocycles. The lowest BCUT2D eigenvalue weighted by Gasteiger charge is -2.20. The second-order valence-electron chi connectivity index (χ2n) is 8.14. The second-order valence-corrected chi connectivity index (χ2v) is 8.14. The fourth-order valence-corrected chi connectivity index (χ4v) is 3.52. The van der Waals surface area contributed by atoms with Crippen molar-refractivity contribution in [2.24, 2.45) is 11.8 Å². The average Bonchev–Trinajstić information content (AvgIpc) is 3.11. The summed E-state index contributed by atoms with van der Waals surface area (Å²) in [4.78, 5) is 26.7. The Labute approximate surface area is 158 Å². The minimum Gasteiger partial charge on any atom is -0.356 e. The number of carbonyl (C=O) groups excluding carboxylic acids is 2. The van der Waals surface area contributed by atoms with Crippen LogP contribution in [-0.4, -0.2) is 42.8 Å². The number of hydrogen-bond donors (Lipinski definition) is 1. The van der Waals surface area contributed by atoms with Crippen molar-refractivity contribution in [2.45, 2.75) is 52.9 Å². The lowest BCUT2D eigenvalue weighted by Crippen LogP contribution is -2.34. The van der Waals surface area contributed by atoms with E-state index in [0.717, 1.165) is 13.0 Å². The van der Waals surface area contributed by atoms with Gasteiger partial charge in [0.1, 0.15) is 0 Å². The SMILES string of the molecule is CC(C)Cc1ccc(C(=O)CCC(=O)NCC(C)CN2CCCC2)cc1. The lowest BCUT2D eigenvalue weighted by molar-refractivity contribution is -0.121. The van der Waals surface area contributed by atoms with E-state index in [9.17, 15) is 9.59 Å². The summed E-state index contributed by atoms with van der Waals surface area (Å²) in [5.74, 6) is 1.07. The summed E-state index contributed by atoms with van der Waals surface area (Å²) in [6, 6.07) is 7.81. The van der Waals surface area contributed by atoms with Crippen molar-refractivity contribution in [3.05, 3.63) is 35.4 Å². The zero-order valence-electron chi connectivity index (χ0n) is 16.6. The Morgan fingerprint density at radius 3 is 2.31 bits per heavy atom. The molecule has 144 valence electrons. The van der Waals surface area contributed by atoms with Crippen LogP contribution in [0.4, 0.5) is 0 Å². The van der Waals surface area contributed by atoms with Gasteiger partial charge in [-0.2, -0.15) is 0 Å². The molecule has 0 bridgehead atoms. The molecule has 1 aliphatic heterocycles. The topological polar surface area (TPSA) is 49.4 Å². The summed E-state index contributed by atoms with van der Waals surface area (Å²) in [7, 11) is 0. The molecule has 1 fully saturated rings. The highest BCUT2D eigenvalue weighted by molar-refractivity contribution is 5.97. The van der Waals surface area contributed by atoms with Crippen LogP contribution in [0.2, 0.25) is 0 Å². The van der Waals surface area contributed by atoms with Crippen LogP contribution in [-0.2, 0) is 11.2 Å². The quantitative estimate of drug-likeness (QED) is 0.649. The lowest BCUT2D eigenvalue weighted by atomic mass is 9.99. The molecular formula is C22H34N2O2. The van der Waals surface area contributed by atoms with Crippen LogP contribution in [0, 0.1) is 11.8 Å². The minimum atomic E-state index is -0.0250. The molecule has 0 radical (unpaired) electrons. The molecule has 2 rings (SSSR count). The van der Waals surface area contributed by atoms with Gasteiger partial charge in [-0.25, -0.2) is 0 Å². The zero-order valence-corrected chi connectivity index (χ0v) is 16.6. The molecule has 1 N–H and O–H groups in total. The van der Waals surface area contributed by atoms with E-state index in [0.29, 0.717) is 23.9 Å². The number of rotatable bonds is 10. The molecule has 4 heteroatoms. The largest absolute Gasteiger partial charge is 0.356 e. The van der Waals surface area contributed by atoms with Crippen LogP contribution < -0.4 is 5.32 Å². The molecular weight excluding hydrogens is 324 g/mol. The summed E-state index contributed by atoms with van der Waals surface area (Å²) in [5.41, 5.74) is 1.95. The molecule has 1 atom stereocenters. The van der Waals surface area contributed by atoms with E-state index in [1.807, 2.05) is 24.3 Å². The van der Waals surface area contributed by atoms with E-state index in [4.69, 9.17) is 0 Å². The first-order valence-corrected chi connectivity index (χ1v) is 10.0. The van der Waals surface area contributed by atoms with E-state index < -0.39 is 0 Å². The van der Waals surface area contributed by atoms with Gasteiger partial charge in [-0.05, 0) is 49.8 Å². The Hall–Kier alpha value is -1.68. The Balaban J connectivity index is 1.66.